The van der Waals surface area contributed by atoms with Gasteiger partial charge >= 0.3 is 0 Å². The molecule has 3 nitrogen and oxygen atoms in total. The summed E-state index contributed by atoms with van der Waals surface area (Å²) in [5, 5.41) is 3.56. The summed E-state index contributed by atoms with van der Waals surface area (Å²) < 4.78 is 0. The molecule has 2 aliphatic heterocycles. The number of carbonyl (C=O) groups is 1. The lowest BCUT2D eigenvalue weighted by Gasteiger charge is -2.30. The molecule has 2 saturated heterocycles. The third-order valence-electron chi connectivity index (χ3n) is 5.68. The first-order valence-corrected chi connectivity index (χ1v) is 8.87. The van der Waals surface area contributed by atoms with Crippen LogP contribution in [0, 0.1) is 5.92 Å². The highest BCUT2D eigenvalue weighted by atomic mass is 16.2. The Morgan fingerprint density at radius 1 is 1.00 bits per heavy atom. The number of hydrogen-bond donors (Lipinski definition) is 1. The molecule has 3 heteroatoms. The van der Waals surface area contributed by atoms with Gasteiger partial charge in [-0.05, 0) is 57.4 Å². The molecule has 114 valence electrons. The van der Waals surface area contributed by atoms with Crippen LogP contribution in [0.15, 0.2) is 0 Å². The second-order valence-corrected chi connectivity index (χ2v) is 7.03. The number of rotatable bonds is 4. The van der Waals surface area contributed by atoms with Crippen LogP contribution in [-0.4, -0.2) is 36.0 Å². The summed E-state index contributed by atoms with van der Waals surface area (Å²) in [7, 11) is 0. The van der Waals surface area contributed by atoms with Gasteiger partial charge in [0.2, 0.25) is 5.91 Å². The van der Waals surface area contributed by atoms with E-state index in [-0.39, 0.29) is 0 Å². The van der Waals surface area contributed by atoms with E-state index in [1.54, 1.807) is 0 Å². The first kappa shape index (κ1) is 14.4. The molecule has 0 aromatic carbocycles. The zero-order chi connectivity index (χ0) is 13.8. The summed E-state index contributed by atoms with van der Waals surface area (Å²) in [6.45, 7) is 2.17. The molecular formula is C17H30N2O. The van der Waals surface area contributed by atoms with Crippen molar-refractivity contribution in [1.29, 1.82) is 0 Å². The maximum atomic E-state index is 12.6. The lowest BCUT2D eigenvalue weighted by Crippen LogP contribution is -2.41. The Bertz CT molecular complexity index is 319. The Kier molecular flexibility index (Phi) is 4.98. The van der Waals surface area contributed by atoms with Crippen molar-refractivity contribution in [3.8, 4) is 0 Å². The van der Waals surface area contributed by atoms with Crippen molar-refractivity contribution < 1.29 is 4.79 Å². The number of nitrogens with one attached hydrogen (secondary N) is 1. The molecule has 3 rings (SSSR count). The fraction of sp³-hybridized carbons (Fsp3) is 0.941. The normalized spacial score (nSPS) is 31.9. The van der Waals surface area contributed by atoms with Crippen LogP contribution in [0.25, 0.3) is 0 Å². The highest BCUT2D eigenvalue weighted by molar-refractivity contribution is 5.76. The van der Waals surface area contributed by atoms with E-state index in [0.717, 1.165) is 31.8 Å². The minimum absolute atomic E-state index is 0.437. The van der Waals surface area contributed by atoms with E-state index in [2.05, 4.69) is 10.2 Å². The van der Waals surface area contributed by atoms with Gasteiger partial charge in [-0.1, -0.05) is 19.3 Å². The summed E-state index contributed by atoms with van der Waals surface area (Å²) in [5.74, 6) is 1.25. The second kappa shape index (κ2) is 6.93. The van der Waals surface area contributed by atoms with Crippen molar-refractivity contribution in [1.82, 2.24) is 10.2 Å². The highest BCUT2D eigenvalue weighted by Crippen LogP contribution is 2.35. The predicted molar refractivity (Wildman–Crippen MR) is 81.6 cm³/mol. The van der Waals surface area contributed by atoms with Gasteiger partial charge in [0.15, 0.2) is 0 Å². The number of piperidine rings is 1. The average molecular weight is 278 g/mol. The quantitative estimate of drug-likeness (QED) is 0.857. The predicted octanol–water partition coefficient (Wildman–Crippen LogP) is 3.09. The molecule has 0 radical (unpaired) electrons. The molecule has 3 aliphatic rings. The lowest BCUT2D eigenvalue weighted by molar-refractivity contribution is -0.133. The molecule has 20 heavy (non-hydrogen) atoms. The van der Waals surface area contributed by atoms with Crippen LogP contribution in [0.2, 0.25) is 0 Å². The fourth-order valence-corrected chi connectivity index (χ4v) is 4.55. The van der Waals surface area contributed by atoms with E-state index in [0.29, 0.717) is 18.0 Å². The van der Waals surface area contributed by atoms with Crippen molar-refractivity contribution in [2.24, 2.45) is 5.92 Å². The van der Waals surface area contributed by atoms with Gasteiger partial charge in [-0.3, -0.25) is 4.79 Å². The molecule has 1 amide bonds. The third-order valence-corrected chi connectivity index (χ3v) is 5.68. The number of carbonyl (C=O) groups excluding carboxylic acids is 1. The molecule has 1 aliphatic carbocycles. The van der Waals surface area contributed by atoms with Crippen LogP contribution in [-0.2, 0) is 4.79 Å². The van der Waals surface area contributed by atoms with E-state index in [4.69, 9.17) is 0 Å². The molecule has 0 spiro atoms. The lowest BCUT2D eigenvalue weighted by atomic mass is 9.95. The molecule has 0 aromatic rings. The molecule has 2 atom stereocenters. The van der Waals surface area contributed by atoms with Crippen LogP contribution in [0.3, 0.4) is 0 Å². The summed E-state index contributed by atoms with van der Waals surface area (Å²) in [6.07, 6.45) is 13.7. The van der Waals surface area contributed by atoms with Gasteiger partial charge in [-0.15, -0.1) is 0 Å². The van der Waals surface area contributed by atoms with Crippen LogP contribution in [0.4, 0.5) is 0 Å². The number of likely N-dealkylation sites (tertiary alicyclic amines) is 1. The maximum absolute atomic E-state index is 12.6. The van der Waals surface area contributed by atoms with E-state index < -0.39 is 0 Å². The number of nitrogens with zero attached hydrogens (tertiary/aromatic N) is 1. The average Bonchev–Trinajstić information content (AvgIpc) is 3.15. The summed E-state index contributed by atoms with van der Waals surface area (Å²) in [4.78, 5) is 14.8. The highest BCUT2D eigenvalue weighted by Gasteiger charge is 2.35. The fourth-order valence-electron chi connectivity index (χ4n) is 4.55. The zero-order valence-corrected chi connectivity index (χ0v) is 12.8. The van der Waals surface area contributed by atoms with Gasteiger partial charge in [0.05, 0.1) is 0 Å². The van der Waals surface area contributed by atoms with E-state index in [1.807, 2.05) is 0 Å². The molecule has 0 bridgehead atoms. The van der Waals surface area contributed by atoms with Crippen LogP contribution in [0.5, 0.6) is 0 Å². The zero-order valence-electron chi connectivity index (χ0n) is 12.8. The topological polar surface area (TPSA) is 32.3 Å². The van der Waals surface area contributed by atoms with Crippen molar-refractivity contribution in [2.75, 3.05) is 13.1 Å². The summed E-state index contributed by atoms with van der Waals surface area (Å²) in [5.41, 5.74) is 0. The summed E-state index contributed by atoms with van der Waals surface area (Å²) >= 11 is 0. The minimum Gasteiger partial charge on any atom is -0.339 e. The monoisotopic (exact) mass is 278 g/mol. The first-order chi connectivity index (χ1) is 9.84. The number of hydrogen-bond acceptors (Lipinski definition) is 2. The Morgan fingerprint density at radius 3 is 2.55 bits per heavy atom. The Balaban J connectivity index is 1.47. The van der Waals surface area contributed by atoms with E-state index in [1.165, 1.54) is 57.8 Å². The molecule has 0 aromatic heterocycles. The van der Waals surface area contributed by atoms with E-state index in [9.17, 15) is 4.79 Å². The Morgan fingerprint density at radius 2 is 1.80 bits per heavy atom. The summed E-state index contributed by atoms with van der Waals surface area (Å²) in [6, 6.07) is 1.18. The van der Waals surface area contributed by atoms with Gasteiger partial charge in [0.25, 0.3) is 0 Å². The van der Waals surface area contributed by atoms with Gasteiger partial charge in [-0.2, -0.15) is 0 Å². The smallest absolute Gasteiger partial charge is 0.222 e. The minimum atomic E-state index is 0.437. The SMILES string of the molecule is O=C(CCC1CCCCN1)N1CCCC1C1CCCC1. The molecule has 1 saturated carbocycles. The van der Waals surface area contributed by atoms with Crippen LogP contribution in [0.1, 0.15) is 70.6 Å². The molecular weight excluding hydrogens is 248 g/mol. The Hall–Kier alpha value is -0.570. The largest absolute Gasteiger partial charge is 0.339 e. The Labute approximate surface area is 123 Å². The van der Waals surface area contributed by atoms with Crippen molar-refractivity contribution in [3.05, 3.63) is 0 Å². The van der Waals surface area contributed by atoms with Gasteiger partial charge in [0, 0.05) is 25.0 Å². The van der Waals surface area contributed by atoms with Gasteiger partial charge in [-0.25, -0.2) is 0 Å². The maximum Gasteiger partial charge on any atom is 0.222 e. The standard InChI is InChI=1S/C17H30N2O/c20-17(11-10-15-8-3-4-12-18-15)19-13-5-9-16(19)14-6-1-2-7-14/h14-16,18H,1-13H2. The first-order valence-electron chi connectivity index (χ1n) is 8.87. The number of amides is 1. The van der Waals surface area contributed by atoms with Gasteiger partial charge in [0.1, 0.15) is 0 Å². The molecule has 3 fully saturated rings. The van der Waals surface area contributed by atoms with Gasteiger partial charge < -0.3 is 10.2 Å². The molecule has 1 N–H and O–H groups in total. The third kappa shape index (κ3) is 3.36. The molecule has 2 heterocycles. The molecule has 2 unspecified atom stereocenters. The van der Waals surface area contributed by atoms with Crippen molar-refractivity contribution >= 4 is 5.91 Å². The van der Waals surface area contributed by atoms with Crippen LogP contribution < -0.4 is 5.32 Å². The van der Waals surface area contributed by atoms with Crippen molar-refractivity contribution in [3.63, 3.8) is 0 Å². The van der Waals surface area contributed by atoms with Crippen LogP contribution >= 0.6 is 0 Å². The second-order valence-electron chi connectivity index (χ2n) is 7.03. The van der Waals surface area contributed by atoms with E-state index >= 15 is 0 Å². The van der Waals surface area contributed by atoms with Crippen molar-refractivity contribution in [2.45, 2.75) is 82.7 Å².